The molecule has 1 aromatic heterocycles. The molecule has 0 atom stereocenters. The summed E-state index contributed by atoms with van der Waals surface area (Å²) in [5, 5.41) is 0.748. The molecule has 2 heterocycles. The summed E-state index contributed by atoms with van der Waals surface area (Å²) in [5.41, 5.74) is 2.96. The highest BCUT2D eigenvalue weighted by Gasteiger charge is 2.17. The fraction of sp³-hybridized carbons (Fsp3) is 0.300. The van der Waals surface area contributed by atoms with Crippen molar-refractivity contribution in [3.05, 3.63) is 29.1 Å². The molecule has 0 spiro atoms. The van der Waals surface area contributed by atoms with E-state index in [0.29, 0.717) is 5.75 Å². The first-order valence-corrected chi connectivity index (χ1v) is 5.34. The van der Waals surface area contributed by atoms with Crippen LogP contribution in [0.5, 0.6) is 0 Å². The summed E-state index contributed by atoms with van der Waals surface area (Å²) >= 11 is 1.46. The van der Waals surface area contributed by atoms with Gasteiger partial charge in [0.05, 0.1) is 11.4 Å². The van der Waals surface area contributed by atoms with E-state index in [0.717, 1.165) is 22.0 Å². The van der Waals surface area contributed by atoms with E-state index in [1.165, 1.54) is 11.8 Å². The SMILES string of the molecule is Cc1ccc(C2=NC(=O)CS2)nc1C. The molecule has 0 radical (unpaired) electrons. The van der Waals surface area contributed by atoms with Gasteiger partial charge in [-0.3, -0.25) is 9.78 Å². The summed E-state index contributed by atoms with van der Waals surface area (Å²) in [6, 6.07) is 3.91. The fourth-order valence-corrected chi connectivity index (χ4v) is 1.94. The molecular formula is C10H10N2OS. The lowest BCUT2D eigenvalue weighted by Crippen LogP contribution is -1.99. The van der Waals surface area contributed by atoms with Gasteiger partial charge in [-0.05, 0) is 25.5 Å². The molecule has 0 fully saturated rings. The Morgan fingerprint density at radius 3 is 2.71 bits per heavy atom. The van der Waals surface area contributed by atoms with Crippen LogP contribution < -0.4 is 0 Å². The second kappa shape index (κ2) is 3.53. The summed E-state index contributed by atoms with van der Waals surface area (Å²) in [4.78, 5) is 19.2. The number of aryl methyl sites for hydroxylation is 2. The van der Waals surface area contributed by atoms with Gasteiger partial charge in [0.25, 0.3) is 5.91 Å². The van der Waals surface area contributed by atoms with Crippen molar-refractivity contribution >= 4 is 22.7 Å². The quantitative estimate of drug-likeness (QED) is 0.702. The Balaban J connectivity index is 2.38. The van der Waals surface area contributed by atoms with Crippen molar-refractivity contribution in [3.63, 3.8) is 0 Å². The predicted octanol–water partition coefficient (Wildman–Crippen LogP) is 1.72. The van der Waals surface area contributed by atoms with Crippen molar-refractivity contribution in [1.82, 2.24) is 4.98 Å². The van der Waals surface area contributed by atoms with Crippen molar-refractivity contribution in [2.75, 3.05) is 5.75 Å². The molecule has 0 N–H and O–H groups in total. The average Bonchev–Trinajstić information content (AvgIpc) is 2.57. The topological polar surface area (TPSA) is 42.3 Å². The minimum absolute atomic E-state index is 0.0648. The first kappa shape index (κ1) is 9.40. The largest absolute Gasteiger partial charge is 0.272 e. The maximum absolute atomic E-state index is 10.9. The van der Waals surface area contributed by atoms with E-state index in [1.54, 1.807) is 0 Å². The van der Waals surface area contributed by atoms with Crippen molar-refractivity contribution < 1.29 is 4.79 Å². The molecular weight excluding hydrogens is 196 g/mol. The van der Waals surface area contributed by atoms with E-state index in [1.807, 2.05) is 26.0 Å². The monoisotopic (exact) mass is 206 g/mol. The molecule has 14 heavy (non-hydrogen) atoms. The van der Waals surface area contributed by atoms with Crippen LogP contribution in [0.15, 0.2) is 17.1 Å². The van der Waals surface area contributed by atoms with E-state index in [-0.39, 0.29) is 5.91 Å². The van der Waals surface area contributed by atoms with Gasteiger partial charge in [-0.1, -0.05) is 17.8 Å². The number of carbonyl (C=O) groups is 1. The summed E-state index contributed by atoms with van der Waals surface area (Å²) in [5.74, 6) is 0.384. The number of aromatic nitrogens is 1. The molecule has 1 aromatic rings. The molecule has 1 aliphatic heterocycles. The maximum Gasteiger partial charge on any atom is 0.257 e. The number of pyridine rings is 1. The van der Waals surface area contributed by atoms with Crippen molar-refractivity contribution in [1.29, 1.82) is 0 Å². The zero-order valence-electron chi connectivity index (χ0n) is 8.07. The third kappa shape index (κ3) is 1.70. The van der Waals surface area contributed by atoms with Crippen molar-refractivity contribution in [2.45, 2.75) is 13.8 Å². The Morgan fingerprint density at radius 2 is 2.14 bits per heavy atom. The molecule has 0 aliphatic carbocycles. The summed E-state index contributed by atoms with van der Waals surface area (Å²) in [6.07, 6.45) is 0. The Hall–Kier alpha value is -1.16. The number of aliphatic imine (C=N–C) groups is 1. The normalized spacial score (nSPS) is 15.9. The van der Waals surface area contributed by atoms with Crippen LogP contribution in [0.25, 0.3) is 0 Å². The molecule has 1 aliphatic rings. The summed E-state index contributed by atoms with van der Waals surface area (Å²) < 4.78 is 0. The zero-order chi connectivity index (χ0) is 10.1. The lowest BCUT2D eigenvalue weighted by atomic mass is 10.2. The van der Waals surface area contributed by atoms with Crippen LogP contribution in [-0.2, 0) is 4.79 Å². The number of hydrogen-bond donors (Lipinski definition) is 0. The van der Waals surface area contributed by atoms with E-state index < -0.39 is 0 Å². The standard InChI is InChI=1S/C10H10N2OS/c1-6-3-4-8(11-7(6)2)10-12-9(13)5-14-10/h3-4H,5H2,1-2H3. The molecule has 1 amide bonds. The molecule has 0 saturated carbocycles. The van der Waals surface area contributed by atoms with Crippen LogP contribution in [-0.4, -0.2) is 21.7 Å². The molecule has 0 aromatic carbocycles. The van der Waals surface area contributed by atoms with Gasteiger partial charge >= 0.3 is 0 Å². The van der Waals surface area contributed by atoms with Crippen molar-refractivity contribution in [2.24, 2.45) is 4.99 Å². The third-order valence-electron chi connectivity index (χ3n) is 2.13. The van der Waals surface area contributed by atoms with Crippen LogP contribution in [0.3, 0.4) is 0 Å². The van der Waals surface area contributed by atoms with Crippen LogP contribution >= 0.6 is 11.8 Å². The van der Waals surface area contributed by atoms with Gasteiger partial charge in [-0.15, -0.1) is 0 Å². The van der Waals surface area contributed by atoms with Gasteiger partial charge in [0.2, 0.25) is 0 Å². The second-order valence-electron chi connectivity index (χ2n) is 3.20. The molecule has 0 saturated heterocycles. The van der Waals surface area contributed by atoms with Gasteiger partial charge in [-0.2, -0.15) is 0 Å². The van der Waals surface area contributed by atoms with Gasteiger partial charge in [0, 0.05) is 5.69 Å². The van der Waals surface area contributed by atoms with Crippen LogP contribution in [0.1, 0.15) is 17.0 Å². The van der Waals surface area contributed by atoms with Crippen LogP contribution in [0.2, 0.25) is 0 Å². The number of hydrogen-bond acceptors (Lipinski definition) is 3. The highest BCUT2D eigenvalue weighted by atomic mass is 32.2. The molecule has 2 rings (SSSR count). The van der Waals surface area contributed by atoms with Gasteiger partial charge in [-0.25, -0.2) is 4.99 Å². The van der Waals surface area contributed by atoms with Crippen LogP contribution in [0.4, 0.5) is 0 Å². The van der Waals surface area contributed by atoms with Gasteiger partial charge in [0.1, 0.15) is 5.04 Å². The lowest BCUT2D eigenvalue weighted by Gasteiger charge is -2.02. The fourth-order valence-electron chi connectivity index (χ4n) is 1.19. The smallest absolute Gasteiger partial charge is 0.257 e. The Kier molecular flexibility index (Phi) is 2.37. The van der Waals surface area contributed by atoms with Gasteiger partial charge < -0.3 is 0 Å². The van der Waals surface area contributed by atoms with Crippen molar-refractivity contribution in [3.8, 4) is 0 Å². The number of amides is 1. The lowest BCUT2D eigenvalue weighted by molar-refractivity contribution is -0.115. The van der Waals surface area contributed by atoms with Gasteiger partial charge in [0.15, 0.2) is 0 Å². The first-order valence-electron chi connectivity index (χ1n) is 4.36. The summed E-state index contributed by atoms with van der Waals surface area (Å²) in [6.45, 7) is 3.97. The van der Waals surface area contributed by atoms with Crippen LogP contribution in [0, 0.1) is 13.8 Å². The second-order valence-corrected chi connectivity index (χ2v) is 4.16. The Labute approximate surface area is 86.6 Å². The van der Waals surface area contributed by atoms with E-state index >= 15 is 0 Å². The first-order chi connectivity index (χ1) is 6.66. The highest BCUT2D eigenvalue weighted by Crippen LogP contribution is 2.19. The maximum atomic E-state index is 10.9. The van der Waals surface area contributed by atoms with E-state index in [2.05, 4.69) is 9.98 Å². The number of nitrogens with zero attached hydrogens (tertiary/aromatic N) is 2. The molecule has 4 heteroatoms. The number of thioether (sulfide) groups is 1. The third-order valence-corrected chi connectivity index (χ3v) is 3.09. The number of carbonyl (C=O) groups excluding carboxylic acids is 1. The predicted molar refractivity (Wildman–Crippen MR) is 57.7 cm³/mol. The van der Waals surface area contributed by atoms with E-state index in [9.17, 15) is 4.79 Å². The van der Waals surface area contributed by atoms with E-state index in [4.69, 9.17) is 0 Å². The highest BCUT2D eigenvalue weighted by molar-refractivity contribution is 8.15. The molecule has 3 nitrogen and oxygen atoms in total. The molecule has 0 unspecified atom stereocenters. The summed E-state index contributed by atoms with van der Waals surface area (Å²) in [7, 11) is 0. The Bertz CT molecular complexity index is 426. The Morgan fingerprint density at radius 1 is 1.36 bits per heavy atom. The minimum Gasteiger partial charge on any atom is -0.272 e. The minimum atomic E-state index is -0.0648. The molecule has 72 valence electrons. The molecule has 0 bridgehead atoms. The zero-order valence-corrected chi connectivity index (χ0v) is 8.89. The average molecular weight is 206 g/mol. The number of rotatable bonds is 1.